The third-order valence-electron chi connectivity index (χ3n) is 3.85. The molecule has 0 aliphatic carbocycles. The molecule has 0 aromatic heterocycles. The van der Waals surface area contributed by atoms with Crippen molar-refractivity contribution in [2.75, 3.05) is 13.1 Å². The number of benzene rings is 1. The van der Waals surface area contributed by atoms with Crippen LogP contribution < -0.4 is 0 Å². The zero-order valence-electron chi connectivity index (χ0n) is 12.2. The van der Waals surface area contributed by atoms with Gasteiger partial charge in [0.2, 0.25) is 10.0 Å². The van der Waals surface area contributed by atoms with Gasteiger partial charge in [-0.05, 0) is 17.7 Å². The van der Waals surface area contributed by atoms with E-state index in [9.17, 15) is 26.4 Å². The number of hydrogen-bond acceptors (Lipinski definition) is 4. The number of hydrogen-bond donors (Lipinski definition) is 1. The van der Waals surface area contributed by atoms with Crippen LogP contribution in [0.3, 0.4) is 0 Å². The molecule has 1 aliphatic rings. The zero-order chi connectivity index (χ0) is 18.1. The van der Waals surface area contributed by atoms with Gasteiger partial charge in [-0.25, -0.2) is 12.7 Å². The molecule has 130 valence electrons. The molecule has 1 heterocycles. The Balaban J connectivity index is 2.20. The molecule has 1 saturated heterocycles. The molecular formula is C14H13F3N2O4S. The molecule has 6 nitrogen and oxygen atoms in total. The number of sulfonamides is 1. The van der Waals surface area contributed by atoms with E-state index in [1.165, 1.54) is 24.3 Å². The minimum Gasteiger partial charge on any atom is -0.481 e. The van der Waals surface area contributed by atoms with E-state index in [2.05, 4.69) is 0 Å². The van der Waals surface area contributed by atoms with Gasteiger partial charge in [-0.3, -0.25) is 4.79 Å². The van der Waals surface area contributed by atoms with Crippen molar-refractivity contribution in [1.82, 2.24) is 4.31 Å². The summed E-state index contributed by atoms with van der Waals surface area (Å²) in [7, 11) is -4.11. The van der Waals surface area contributed by atoms with Crippen LogP contribution in [0.4, 0.5) is 13.2 Å². The number of nitriles is 1. The second-order valence-electron chi connectivity index (χ2n) is 5.47. The highest BCUT2D eigenvalue weighted by molar-refractivity contribution is 7.88. The third kappa shape index (κ3) is 3.85. The third-order valence-corrected chi connectivity index (χ3v) is 5.63. The largest absolute Gasteiger partial charge is 0.481 e. The summed E-state index contributed by atoms with van der Waals surface area (Å²) in [5.74, 6) is -6.28. The molecule has 2 rings (SSSR count). The van der Waals surface area contributed by atoms with Crippen LogP contribution in [-0.4, -0.2) is 43.1 Å². The molecule has 0 radical (unpaired) electrons. The van der Waals surface area contributed by atoms with Crippen molar-refractivity contribution in [2.24, 2.45) is 11.8 Å². The van der Waals surface area contributed by atoms with E-state index in [0.717, 1.165) is 0 Å². The van der Waals surface area contributed by atoms with E-state index in [0.29, 0.717) is 15.4 Å². The molecular weight excluding hydrogens is 349 g/mol. The Bertz CT molecular complexity index is 769. The van der Waals surface area contributed by atoms with Crippen LogP contribution in [0.25, 0.3) is 0 Å². The van der Waals surface area contributed by atoms with Crippen LogP contribution in [0.1, 0.15) is 11.1 Å². The van der Waals surface area contributed by atoms with E-state index < -0.39 is 52.8 Å². The number of carboxylic acid groups (broad SMARTS) is 1. The van der Waals surface area contributed by atoms with Gasteiger partial charge in [0.15, 0.2) is 0 Å². The second-order valence-corrected chi connectivity index (χ2v) is 7.44. The molecule has 2 atom stereocenters. The summed E-state index contributed by atoms with van der Waals surface area (Å²) in [5.41, 5.74) is 0.622. The van der Waals surface area contributed by atoms with Crippen LogP contribution in [0.5, 0.6) is 0 Å². The smallest absolute Gasteiger partial charge is 0.393 e. The Morgan fingerprint density at radius 3 is 2.29 bits per heavy atom. The number of carbonyl (C=O) groups is 1. The van der Waals surface area contributed by atoms with Gasteiger partial charge in [-0.2, -0.15) is 18.4 Å². The summed E-state index contributed by atoms with van der Waals surface area (Å²) >= 11 is 0. The van der Waals surface area contributed by atoms with Gasteiger partial charge < -0.3 is 5.11 Å². The summed E-state index contributed by atoms with van der Waals surface area (Å²) in [6.45, 7) is -1.61. The minimum absolute atomic E-state index is 0.302. The lowest BCUT2D eigenvalue weighted by Crippen LogP contribution is -2.34. The summed E-state index contributed by atoms with van der Waals surface area (Å²) in [6.07, 6.45) is -4.79. The minimum atomic E-state index is -4.79. The SMILES string of the molecule is N#Cc1ccc(CS(=O)(=O)N2C[C@@H](C(F)(F)F)[C@H](C(=O)O)C2)cc1. The second kappa shape index (κ2) is 6.41. The van der Waals surface area contributed by atoms with Crippen LogP contribution >= 0.6 is 0 Å². The number of rotatable bonds is 4. The number of nitrogens with zero attached hydrogens (tertiary/aromatic N) is 2. The van der Waals surface area contributed by atoms with Gasteiger partial charge in [-0.15, -0.1) is 0 Å². The van der Waals surface area contributed by atoms with Gasteiger partial charge in [0.1, 0.15) is 0 Å². The van der Waals surface area contributed by atoms with Crippen molar-refractivity contribution in [2.45, 2.75) is 11.9 Å². The first kappa shape index (κ1) is 18.2. The Morgan fingerprint density at radius 2 is 1.88 bits per heavy atom. The van der Waals surface area contributed by atoms with Crippen LogP contribution in [0.2, 0.25) is 0 Å². The quantitative estimate of drug-likeness (QED) is 0.877. The van der Waals surface area contributed by atoms with E-state index in [4.69, 9.17) is 10.4 Å². The van der Waals surface area contributed by atoms with Gasteiger partial charge in [0, 0.05) is 13.1 Å². The average Bonchev–Trinajstić information content (AvgIpc) is 2.94. The maximum absolute atomic E-state index is 12.9. The molecule has 1 N–H and O–H groups in total. The molecule has 1 aliphatic heterocycles. The first-order chi connectivity index (χ1) is 11.0. The number of carboxylic acids is 1. The molecule has 10 heteroatoms. The van der Waals surface area contributed by atoms with Crippen molar-refractivity contribution in [3.63, 3.8) is 0 Å². The van der Waals surface area contributed by atoms with Crippen LogP contribution in [0.15, 0.2) is 24.3 Å². The Kier molecular flexibility index (Phi) is 4.87. The molecule has 0 bridgehead atoms. The normalized spacial score (nSPS) is 22.2. The predicted octanol–water partition coefficient (Wildman–Crippen LogP) is 1.58. The van der Waals surface area contributed by atoms with Gasteiger partial charge in [-0.1, -0.05) is 12.1 Å². The Labute approximate surface area is 136 Å². The highest BCUT2D eigenvalue weighted by Crippen LogP contribution is 2.39. The fraction of sp³-hybridized carbons (Fsp3) is 0.429. The number of alkyl halides is 3. The molecule has 24 heavy (non-hydrogen) atoms. The number of aliphatic carboxylic acids is 1. The van der Waals surface area contributed by atoms with Crippen LogP contribution in [-0.2, 0) is 20.6 Å². The van der Waals surface area contributed by atoms with Crippen molar-refractivity contribution < 1.29 is 31.5 Å². The standard InChI is InChI=1S/C14H13F3N2O4S/c15-14(16,17)12-7-19(6-11(12)13(20)21)24(22,23)8-10-3-1-9(5-18)2-4-10/h1-4,11-12H,6-8H2,(H,20,21)/t11-,12-/m1/s1. The molecule has 1 fully saturated rings. The van der Waals surface area contributed by atoms with Gasteiger partial charge >= 0.3 is 12.1 Å². The molecule has 0 spiro atoms. The topological polar surface area (TPSA) is 98.5 Å². The molecule has 0 amide bonds. The molecule has 1 aromatic rings. The van der Waals surface area contributed by atoms with Crippen molar-refractivity contribution in [1.29, 1.82) is 5.26 Å². The first-order valence-corrected chi connectivity index (χ1v) is 8.42. The summed E-state index contributed by atoms with van der Waals surface area (Å²) in [6, 6.07) is 7.44. The van der Waals surface area contributed by atoms with Crippen LogP contribution in [0, 0.1) is 23.2 Å². The summed E-state index contributed by atoms with van der Waals surface area (Å²) < 4.78 is 64.0. The van der Waals surface area contributed by atoms with Crippen molar-refractivity contribution in [3.05, 3.63) is 35.4 Å². The van der Waals surface area contributed by atoms with Crippen molar-refractivity contribution in [3.8, 4) is 6.07 Å². The van der Waals surface area contributed by atoms with E-state index in [1.54, 1.807) is 0 Å². The van der Waals surface area contributed by atoms with E-state index >= 15 is 0 Å². The Hall–Kier alpha value is -2.12. The maximum Gasteiger partial charge on any atom is 0.393 e. The van der Waals surface area contributed by atoms with E-state index in [-0.39, 0.29) is 0 Å². The fourth-order valence-electron chi connectivity index (χ4n) is 2.55. The van der Waals surface area contributed by atoms with Crippen molar-refractivity contribution >= 4 is 16.0 Å². The Morgan fingerprint density at radius 1 is 1.29 bits per heavy atom. The van der Waals surface area contributed by atoms with Gasteiger partial charge in [0.05, 0.1) is 29.2 Å². The summed E-state index contributed by atoms with van der Waals surface area (Å²) in [5, 5.41) is 17.6. The molecule has 0 unspecified atom stereocenters. The maximum atomic E-state index is 12.9. The highest BCUT2D eigenvalue weighted by atomic mass is 32.2. The number of halogens is 3. The first-order valence-electron chi connectivity index (χ1n) is 6.81. The molecule has 0 saturated carbocycles. The lowest BCUT2D eigenvalue weighted by Gasteiger charge is -2.18. The summed E-state index contributed by atoms with van der Waals surface area (Å²) in [4.78, 5) is 11.0. The molecule has 1 aromatic carbocycles. The lowest BCUT2D eigenvalue weighted by molar-refractivity contribution is -0.187. The monoisotopic (exact) mass is 362 g/mol. The fourth-order valence-corrected chi connectivity index (χ4v) is 4.13. The van der Waals surface area contributed by atoms with E-state index in [1.807, 2.05) is 6.07 Å². The average molecular weight is 362 g/mol. The van der Waals surface area contributed by atoms with Gasteiger partial charge in [0.25, 0.3) is 0 Å². The highest BCUT2D eigenvalue weighted by Gasteiger charge is 2.54. The zero-order valence-corrected chi connectivity index (χ0v) is 13.0. The lowest BCUT2D eigenvalue weighted by atomic mass is 9.96. The predicted molar refractivity (Wildman–Crippen MR) is 76.0 cm³/mol.